The zero-order valence-electron chi connectivity index (χ0n) is 6.84. The minimum absolute atomic E-state index is 0.222. The molecule has 0 saturated heterocycles. The van der Waals surface area contributed by atoms with Gasteiger partial charge in [-0.3, -0.25) is 0 Å². The first-order valence-electron chi connectivity index (χ1n) is 3.38. The van der Waals surface area contributed by atoms with Crippen LogP contribution in [0.25, 0.3) is 0 Å². The summed E-state index contributed by atoms with van der Waals surface area (Å²) in [5.41, 5.74) is 0.222. The zero-order chi connectivity index (χ0) is 9.02. The summed E-state index contributed by atoms with van der Waals surface area (Å²) < 4.78 is 37.1. The summed E-state index contributed by atoms with van der Waals surface area (Å²) in [5, 5.41) is 0. The maximum atomic E-state index is 12.6. The second kappa shape index (κ2) is 4.21. The van der Waals surface area contributed by atoms with Gasteiger partial charge in [0.1, 0.15) is 5.83 Å². The van der Waals surface area contributed by atoms with Gasteiger partial charge in [0.15, 0.2) is 11.7 Å². The molecule has 0 aromatic carbocycles. The Morgan fingerprint density at radius 1 is 1.00 bits per heavy atom. The van der Waals surface area contributed by atoms with Gasteiger partial charge < -0.3 is 0 Å². The average molecular weight is 164 g/mol. The lowest BCUT2D eigenvalue weighted by atomic mass is 10.2. The average Bonchev–Trinajstić information content (AvgIpc) is 2.00. The molecule has 0 spiro atoms. The molecule has 0 amide bonds. The quantitative estimate of drug-likeness (QED) is 0.544. The first kappa shape index (κ1) is 10.3. The van der Waals surface area contributed by atoms with Gasteiger partial charge in [-0.1, -0.05) is 6.92 Å². The van der Waals surface area contributed by atoms with Crippen molar-refractivity contribution in [2.24, 2.45) is 0 Å². The van der Waals surface area contributed by atoms with E-state index in [2.05, 4.69) is 0 Å². The smallest absolute Gasteiger partial charge is 0.189 e. The van der Waals surface area contributed by atoms with Crippen molar-refractivity contribution in [3.05, 3.63) is 23.1 Å². The van der Waals surface area contributed by atoms with Gasteiger partial charge in [0, 0.05) is 0 Å². The molecule has 0 atom stereocenters. The van der Waals surface area contributed by atoms with Crippen molar-refractivity contribution in [3.63, 3.8) is 0 Å². The standard InChI is InChI=1S/C8H11F3/c1-4-5(2)7(10)8(11)6(3)9/h4H2,1-3H3/b7-5+,8-6-. The topological polar surface area (TPSA) is 0 Å². The van der Waals surface area contributed by atoms with Crippen LogP contribution in [0.1, 0.15) is 27.2 Å². The van der Waals surface area contributed by atoms with Crippen LogP contribution in [0.2, 0.25) is 0 Å². The lowest BCUT2D eigenvalue weighted by Gasteiger charge is -1.98. The van der Waals surface area contributed by atoms with E-state index in [-0.39, 0.29) is 5.57 Å². The molecule has 0 fully saturated rings. The lowest BCUT2D eigenvalue weighted by Crippen LogP contribution is -1.84. The first-order valence-corrected chi connectivity index (χ1v) is 3.38. The molecule has 0 bridgehead atoms. The maximum Gasteiger partial charge on any atom is 0.189 e. The molecule has 0 nitrogen and oxygen atoms in total. The number of hydrogen-bond acceptors (Lipinski definition) is 0. The molecule has 11 heavy (non-hydrogen) atoms. The van der Waals surface area contributed by atoms with Gasteiger partial charge in [-0.05, 0) is 25.8 Å². The molecule has 0 aliphatic rings. The second-order valence-electron chi connectivity index (χ2n) is 2.30. The summed E-state index contributed by atoms with van der Waals surface area (Å²) in [6.45, 7) is 3.99. The Hall–Kier alpha value is -0.730. The summed E-state index contributed by atoms with van der Waals surface area (Å²) in [6.07, 6.45) is 0.381. The molecule has 0 aliphatic heterocycles. The van der Waals surface area contributed by atoms with Gasteiger partial charge >= 0.3 is 0 Å². The van der Waals surface area contributed by atoms with Crippen molar-refractivity contribution in [2.45, 2.75) is 27.2 Å². The Bertz CT molecular complexity index is 197. The molecule has 0 rings (SSSR count). The monoisotopic (exact) mass is 164 g/mol. The van der Waals surface area contributed by atoms with Crippen molar-refractivity contribution in [2.75, 3.05) is 0 Å². The summed E-state index contributed by atoms with van der Waals surface area (Å²) >= 11 is 0. The summed E-state index contributed by atoms with van der Waals surface area (Å²) in [7, 11) is 0. The fourth-order valence-corrected chi connectivity index (χ4v) is 0.494. The third-order valence-corrected chi connectivity index (χ3v) is 1.40. The van der Waals surface area contributed by atoms with Crippen LogP contribution in [0, 0.1) is 0 Å². The fraction of sp³-hybridized carbons (Fsp3) is 0.500. The Labute approximate surface area is 64.4 Å². The highest BCUT2D eigenvalue weighted by Gasteiger charge is 2.09. The second-order valence-corrected chi connectivity index (χ2v) is 2.30. The summed E-state index contributed by atoms with van der Waals surface area (Å²) in [4.78, 5) is 0. The predicted molar refractivity (Wildman–Crippen MR) is 39.0 cm³/mol. The van der Waals surface area contributed by atoms with Gasteiger partial charge in [-0.25, -0.2) is 13.2 Å². The van der Waals surface area contributed by atoms with Gasteiger partial charge in [-0.2, -0.15) is 0 Å². The molecule has 0 saturated carbocycles. The Morgan fingerprint density at radius 3 is 1.73 bits per heavy atom. The van der Waals surface area contributed by atoms with Crippen molar-refractivity contribution in [3.8, 4) is 0 Å². The third kappa shape index (κ3) is 2.78. The van der Waals surface area contributed by atoms with Crippen LogP contribution in [0.5, 0.6) is 0 Å². The van der Waals surface area contributed by atoms with Crippen molar-refractivity contribution < 1.29 is 13.2 Å². The number of hydrogen-bond donors (Lipinski definition) is 0. The van der Waals surface area contributed by atoms with E-state index < -0.39 is 17.5 Å². The van der Waals surface area contributed by atoms with Crippen LogP contribution < -0.4 is 0 Å². The molecule has 0 aromatic rings. The molecule has 64 valence electrons. The SMILES string of the molecule is CC/C(C)=C(F)\C(F)=C(/C)F. The molecular weight excluding hydrogens is 153 g/mol. The molecule has 0 heterocycles. The lowest BCUT2D eigenvalue weighted by molar-refractivity contribution is 0.488. The van der Waals surface area contributed by atoms with E-state index in [1.54, 1.807) is 6.92 Å². The van der Waals surface area contributed by atoms with Crippen LogP contribution in [-0.4, -0.2) is 0 Å². The molecular formula is C8H11F3. The molecule has 0 radical (unpaired) electrons. The summed E-state index contributed by atoms with van der Waals surface area (Å²) in [5.74, 6) is -3.58. The van der Waals surface area contributed by atoms with Crippen LogP contribution in [0.3, 0.4) is 0 Å². The highest BCUT2D eigenvalue weighted by Crippen LogP contribution is 2.22. The Balaban J connectivity index is 4.75. The van der Waals surface area contributed by atoms with Crippen LogP contribution in [-0.2, 0) is 0 Å². The van der Waals surface area contributed by atoms with E-state index in [9.17, 15) is 13.2 Å². The molecule has 0 unspecified atom stereocenters. The third-order valence-electron chi connectivity index (χ3n) is 1.40. The highest BCUT2D eigenvalue weighted by atomic mass is 19.2. The van der Waals surface area contributed by atoms with Crippen molar-refractivity contribution in [1.82, 2.24) is 0 Å². The van der Waals surface area contributed by atoms with Crippen LogP contribution in [0.4, 0.5) is 13.2 Å². The van der Waals surface area contributed by atoms with E-state index in [0.29, 0.717) is 6.42 Å². The zero-order valence-corrected chi connectivity index (χ0v) is 6.84. The fourth-order valence-electron chi connectivity index (χ4n) is 0.494. The Kier molecular flexibility index (Phi) is 3.93. The van der Waals surface area contributed by atoms with E-state index in [0.717, 1.165) is 6.92 Å². The van der Waals surface area contributed by atoms with Crippen molar-refractivity contribution in [1.29, 1.82) is 0 Å². The van der Waals surface area contributed by atoms with Crippen LogP contribution >= 0.6 is 0 Å². The number of halogens is 3. The molecule has 0 aliphatic carbocycles. The van der Waals surface area contributed by atoms with Gasteiger partial charge in [0.2, 0.25) is 0 Å². The largest absolute Gasteiger partial charge is 0.209 e. The number of rotatable bonds is 2. The number of allylic oxidation sites excluding steroid dienone is 4. The molecule has 3 heteroatoms. The highest BCUT2D eigenvalue weighted by molar-refractivity contribution is 5.25. The molecule has 0 N–H and O–H groups in total. The van der Waals surface area contributed by atoms with Gasteiger partial charge in [0.25, 0.3) is 0 Å². The van der Waals surface area contributed by atoms with E-state index in [4.69, 9.17) is 0 Å². The van der Waals surface area contributed by atoms with E-state index in [1.165, 1.54) is 6.92 Å². The maximum absolute atomic E-state index is 12.6. The molecule has 0 aromatic heterocycles. The minimum atomic E-state index is -1.38. The van der Waals surface area contributed by atoms with E-state index in [1.807, 2.05) is 0 Å². The Morgan fingerprint density at radius 2 is 1.45 bits per heavy atom. The predicted octanol–water partition coefficient (Wildman–Crippen LogP) is 3.81. The van der Waals surface area contributed by atoms with Gasteiger partial charge in [0.05, 0.1) is 0 Å². The summed E-state index contributed by atoms with van der Waals surface area (Å²) in [6, 6.07) is 0. The normalized spacial score (nSPS) is 15.8. The minimum Gasteiger partial charge on any atom is -0.209 e. The van der Waals surface area contributed by atoms with Crippen LogP contribution in [0.15, 0.2) is 23.1 Å². The van der Waals surface area contributed by atoms with Gasteiger partial charge in [-0.15, -0.1) is 0 Å². The van der Waals surface area contributed by atoms with Crippen molar-refractivity contribution >= 4 is 0 Å². The van der Waals surface area contributed by atoms with E-state index >= 15 is 0 Å². The first-order chi connectivity index (χ1) is 5.00.